The number of fused-ring (bicyclic) bond motifs is 2. The van der Waals surface area contributed by atoms with E-state index in [1.807, 2.05) is 4.90 Å². The zero-order chi connectivity index (χ0) is 21.4. The largest absolute Gasteiger partial charge is 0.495 e. The number of aromatic nitrogens is 1. The third-order valence-electron chi connectivity index (χ3n) is 5.32. The van der Waals surface area contributed by atoms with Crippen molar-refractivity contribution < 1.29 is 13.9 Å². The van der Waals surface area contributed by atoms with E-state index < -0.39 is 5.82 Å². The van der Waals surface area contributed by atoms with Gasteiger partial charge in [-0.3, -0.25) is 14.5 Å². The van der Waals surface area contributed by atoms with Crippen LogP contribution in [0.15, 0.2) is 35.1 Å². The first kappa shape index (κ1) is 20.4. The predicted molar refractivity (Wildman–Crippen MR) is 115 cm³/mol. The Morgan fingerprint density at radius 2 is 2.13 bits per heavy atom. The molecule has 0 bridgehead atoms. The van der Waals surface area contributed by atoms with Gasteiger partial charge in [-0.2, -0.15) is 0 Å². The van der Waals surface area contributed by atoms with E-state index in [-0.39, 0.29) is 17.9 Å². The maximum Gasteiger partial charge on any atom is 0.238 e. The van der Waals surface area contributed by atoms with Crippen LogP contribution in [0.3, 0.4) is 0 Å². The molecule has 6 nitrogen and oxygen atoms in total. The average molecular weight is 430 g/mol. The van der Waals surface area contributed by atoms with Crippen molar-refractivity contribution in [3.8, 4) is 5.75 Å². The summed E-state index contributed by atoms with van der Waals surface area (Å²) in [5.74, 6) is -0.116. The molecule has 0 atom stereocenters. The highest BCUT2D eigenvalue weighted by molar-refractivity contribution is 6.32. The van der Waals surface area contributed by atoms with Crippen molar-refractivity contribution >= 4 is 34.1 Å². The van der Waals surface area contributed by atoms with Crippen LogP contribution < -0.4 is 15.5 Å². The van der Waals surface area contributed by atoms with Gasteiger partial charge in [-0.25, -0.2) is 4.39 Å². The second kappa shape index (κ2) is 8.08. The van der Waals surface area contributed by atoms with Gasteiger partial charge in [0.1, 0.15) is 11.6 Å². The minimum absolute atomic E-state index is 0.128. The minimum Gasteiger partial charge on any atom is -0.495 e. The summed E-state index contributed by atoms with van der Waals surface area (Å²) in [4.78, 5) is 30.6. The maximum atomic E-state index is 13.8. The summed E-state index contributed by atoms with van der Waals surface area (Å²) >= 11 is 6.10. The number of aryl methyl sites for hydroxylation is 1. The van der Waals surface area contributed by atoms with E-state index in [9.17, 15) is 14.0 Å². The predicted octanol–water partition coefficient (Wildman–Crippen LogP) is 3.63. The molecule has 3 aromatic rings. The summed E-state index contributed by atoms with van der Waals surface area (Å²) in [7, 11) is 1.52. The molecule has 1 amide bonds. The second-order valence-corrected chi connectivity index (χ2v) is 7.82. The number of rotatable bonds is 4. The second-order valence-electron chi connectivity index (χ2n) is 7.41. The van der Waals surface area contributed by atoms with Gasteiger partial charge in [0.05, 0.1) is 24.2 Å². The molecule has 0 saturated carbocycles. The zero-order valence-electron chi connectivity index (χ0n) is 16.6. The van der Waals surface area contributed by atoms with Crippen LogP contribution >= 0.6 is 11.6 Å². The first-order valence-corrected chi connectivity index (χ1v) is 9.93. The van der Waals surface area contributed by atoms with Crippen LogP contribution in [0.4, 0.5) is 10.1 Å². The van der Waals surface area contributed by atoms with Crippen molar-refractivity contribution in [2.24, 2.45) is 0 Å². The number of carbonyl (C=O) groups is 1. The number of ether oxygens (including phenoxy) is 1. The van der Waals surface area contributed by atoms with Gasteiger partial charge in [0.15, 0.2) is 5.43 Å². The SMILES string of the molecule is COc1ccc(NC(=O)CN2CCc3[nH]c4c(C)cc(F)cc4c(=O)c3C2)cc1Cl. The molecule has 0 unspecified atom stereocenters. The van der Waals surface area contributed by atoms with Crippen molar-refractivity contribution in [2.75, 3.05) is 25.5 Å². The Balaban J connectivity index is 1.51. The van der Waals surface area contributed by atoms with Gasteiger partial charge in [0.25, 0.3) is 0 Å². The number of nitrogens with zero attached hydrogens (tertiary/aromatic N) is 1. The number of hydrogen-bond acceptors (Lipinski definition) is 4. The first-order valence-electron chi connectivity index (χ1n) is 9.55. The van der Waals surface area contributed by atoms with E-state index in [1.165, 1.54) is 19.2 Å². The number of amides is 1. The van der Waals surface area contributed by atoms with Crippen molar-refractivity contribution in [1.29, 1.82) is 0 Å². The van der Waals surface area contributed by atoms with Crippen LogP contribution in [0.5, 0.6) is 5.75 Å². The number of methoxy groups -OCH3 is 1. The summed E-state index contributed by atoms with van der Waals surface area (Å²) in [6.07, 6.45) is 0.610. The van der Waals surface area contributed by atoms with Gasteiger partial charge in [0.2, 0.25) is 5.91 Å². The molecule has 30 heavy (non-hydrogen) atoms. The molecular weight excluding hydrogens is 409 g/mol. The Labute approximate surface area is 177 Å². The molecule has 4 rings (SSSR count). The summed E-state index contributed by atoms with van der Waals surface area (Å²) in [6.45, 7) is 2.86. The lowest BCUT2D eigenvalue weighted by atomic mass is 10.0. The van der Waals surface area contributed by atoms with Crippen LogP contribution in [0.25, 0.3) is 10.9 Å². The molecule has 0 fully saturated rings. The van der Waals surface area contributed by atoms with Gasteiger partial charge in [-0.1, -0.05) is 11.6 Å². The van der Waals surface area contributed by atoms with Gasteiger partial charge >= 0.3 is 0 Å². The summed E-state index contributed by atoms with van der Waals surface area (Å²) in [6, 6.07) is 7.69. The fourth-order valence-electron chi connectivity index (χ4n) is 3.85. The number of halogens is 2. The zero-order valence-corrected chi connectivity index (χ0v) is 17.4. The van der Waals surface area contributed by atoms with E-state index in [0.717, 1.165) is 5.69 Å². The van der Waals surface area contributed by atoms with E-state index in [0.29, 0.717) is 58.0 Å². The molecular formula is C22H21ClFN3O3. The normalized spacial score (nSPS) is 13.9. The van der Waals surface area contributed by atoms with E-state index in [1.54, 1.807) is 25.1 Å². The van der Waals surface area contributed by atoms with Crippen molar-refractivity contribution in [3.63, 3.8) is 0 Å². The minimum atomic E-state index is -0.435. The highest BCUT2D eigenvalue weighted by Crippen LogP contribution is 2.27. The third-order valence-corrected chi connectivity index (χ3v) is 5.62. The summed E-state index contributed by atoms with van der Waals surface area (Å²) in [5.41, 5.74) is 3.18. The number of nitrogens with one attached hydrogen (secondary N) is 2. The molecule has 0 aliphatic carbocycles. The molecule has 2 N–H and O–H groups in total. The number of anilines is 1. The van der Waals surface area contributed by atoms with Gasteiger partial charge < -0.3 is 15.0 Å². The fraction of sp³-hybridized carbons (Fsp3) is 0.273. The molecule has 0 saturated heterocycles. The highest BCUT2D eigenvalue weighted by atomic mass is 35.5. The fourth-order valence-corrected chi connectivity index (χ4v) is 4.11. The Morgan fingerprint density at radius 3 is 2.87 bits per heavy atom. The molecule has 0 spiro atoms. The van der Waals surface area contributed by atoms with Crippen molar-refractivity contribution in [3.05, 3.63) is 68.2 Å². The quantitative estimate of drug-likeness (QED) is 0.664. The Bertz CT molecular complexity index is 1210. The Hall–Kier alpha value is -2.90. The van der Waals surface area contributed by atoms with Gasteiger partial charge in [0, 0.05) is 41.8 Å². The standard InChI is InChI=1S/C22H21ClFN3O3/c1-12-7-13(24)8-15-21(12)26-18-5-6-27(10-16(18)22(15)29)11-20(28)25-14-3-4-19(30-2)17(23)9-14/h3-4,7-9H,5-6,10-11H2,1-2H3,(H,25,28)(H,26,29). The smallest absolute Gasteiger partial charge is 0.238 e. The molecule has 2 aromatic carbocycles. The van der Waals surface area contributed by atoms with E-state index in [2.05, 4.69) is 10.3 Å². The number of hydrogen-bond donors (Lipinski definition) is 2. The molecule has 1 aliphatic heterocycles. The van der Waals surface area contributed by atoms with Gasteiger partial charge in [-0.05, 0) is 42.8 Å². The highest BCUT2D eigenvalue weighted by Gasteiger charge is 2.23. The molecule has 156 valence electrons. The van der Waals surface area contributed by atoms with Crippen LogP contribution in [-0.2, 0) is 17.8 Å². The summed E-state index contributed by atoms with van der Waals surface area (Å²) < 4.78 is 18.9. The lowest BCUT2D eigenvalue weighted by Crippen LogP contribution is -2.39. The van der Waals surface area contributed by atoms with E-state index >= 15 is 0 Å². The van der Waals surface area contributed by atoms with Crippen molar-refractivity contribution in [2.45, 2.75) is 19.9 Å². The monoisotopic (exact) mass is 429 g/mol. The molecule has 1 aromatic heterocycles. The maximum absolute atomic E-state index is 13.8. The lowest BCUT2D eigenvalue weighted by molar-refractivity contribution is -0.117. The number of carbonyl (C=O) groups excluding carboxylic acids is 1. The van der Waals surface area contributed by atoms with Crippen LogP contribution in [0, 0.1) is 12.7 Å². The third kappa shape index (κ3) is 3.91. The Kier molecular flexibility index (Phi) is 5.49. The molecule has 8 heteroatoms. The number of aromatic amines is 1. The molecule has 0 radical (unpaired) electrons. The van der Waals surface area contributed by atoms with Crippen LogP contribution in [-0.4, -0.2) is 36.0 Å². The summed E-state index contributed by atoms with van der Waals surface area (Å²) in [5, 5.41) is 3.55. The van der Waals surface area contributed by atoms with E-state index in [4.69, 9.17) is 16.3 Å². The number of H-pyrrole nitrogens is 1. The van der Waals surface area contributed by atoms with Crippen LogP contribution in [0.1, 0.15) is 16.8 Å². The lowest BCUT2D eigenvalue weighted by Gasteiger charge is -2.28. The van der Waals surface area contributed by atoms with Crippen LogP contribution in [0.2, 0.25) is 5.02 Å². The number of benzene rings is 2. The molecule has 2 heterocycles. The topological polar surface area (TPSA) is 74.4 Å². The van der Waals surface area contributed by atoms with Gasteiger partial charge in [-0.15, -0.1) is 0 Å². The first-order chi connectivity index (χ1) is 14.4. The van der Waals surface area contributed by atoms with Crippen molar-refractivity contribution in [1.82, 2.24) is 9.88 Å². The molecule has 1 aliphatic rings. The number of pyridine rings is 1. The average Bonchev–Trinajstić information content (AvgIpc) is 2.69. The Morgan fingerprint density at radius 1 is 1.33 bits per heavy atom.